The maximum Gasteiger partial charge on any atom is 0.408 e. The number of fused-ring (bicyclic) bond motifs is 3. The van der Waals surface area contributed by atoms with Crippen molar-refractivity contribution in [2.45, 2.75) is 43.1 Å². The quantitative estimate of drug-likeness (QED) is 0.453. The first-order valence-corrected chi connectivity index (χ1v) is 12.2. The fourth-order valence-corrected chi connectivity index (χ4v) is 5.22. The summed E-state index contributed by atoms with van der Waals surface area (Å²) in [4.78, 5) is 25.6. The molecule has 184 valence electrons. The standard InChI is InChI=1S/C14H11ClS.C11H12F3N3O2/c15-13-6-5-11-9-16-14-4-2-1-3-10(14)7-12(11)8-13;1-6-8(18)3-4-17-9(6)10(19)16(5-15-17)7(2)11(12,13)14/h1-6,8H,7,9H2;3-4,7,15H,5H2,1-2H3/t;7-/m.1/s1. The van der Waals surface area contributed by atoms with Crippen molar-refractivity contribution in [3.05, 3.63) is 97.9 Å². The molecule has 1 N–H and O–H groups in total. The Balaban J connectivity index is 0.000000167. The fraction of sp³-hybridized carbons (Fsp3) is 0.280. The molecule has 1 atom stereocenters. The van der Waals surface area contributed by atoms with Gasteiger partial charge in [-0.15, -0.1) is 11.8 Å². The maximum absolute atomic E-state index is 12.7. The van der Waals surface area contributed by atoms with Crippen molar-refractivity contribution in [2.75, 3.05) is 12.1 Å². The number of carbonyl (C=O) groups is 1. The average Bonchev–Trinajstić information content (AvgIpc) is 3.00. The summed E-state index contributed by atoms with van der Waals surface area (Å²) in [7, 11) is 0. The maximum atomic E-state index is 12.7. The van der Waals surface area contributed by atoms with Gasteiger partial charge in [0.15, 0.2) is 5.43 Å². The molecular formula is C25H23ClF3N3O2S. The van der Waals surface area contributed by atoms with Crippen LogP contribution in [0.3, 0.4) is 0 Å². The largest absolute Gasteiger partial charge is 0.408 e. The Morgan fingerprint density at radius 3 is 2.54 bits per heavy atom. The number of alkyl halides is 3. The van der Waals surface area contributed by atoms with Gasteiger partial charge in [0.1, 0.15) is 18.4 Å². The molecule has 0 bridgehead atoms. The molecule has 0 aliphatic carbocycles. The molecule has 0 fully saturated rings. The highest BCUT2D eigenvalue weighted by Crippen LogP contribution is 2.34. The molecule has 0 saturated heterocycles. The van der Waals surface area contributed by atoms with E-state index in [4.69, 9.17) is 11.6 Å². The first-order valence-electron chi connectivity index (χ1n) is 10.9. The monoisotopic (exact) mass is 521 g/mol. The normalized spacial score (nSPS) is 15.5. The molecule has 5 rings (SSSR count). The number of rotatable bonds is 1. The zero-order valence-electron chi connectivity index (χ0n) is 19.0. The summed E-state index contributed by atoms with van der Waals surface area (Å²) >= 11 is 7.97. The van der Waals surface area contributed by atoms with Gasteiger partial charge in [-0.25, -0.2) is 0 Å². The molecule has 2 aliphatic heterocycles. The van der Waals surface area contributed by atoms with E-state index in [1.54, 1.807) is 0 Å². The summed E-state index contributed by atoms with van der Waals surface area (Å²) in [5, 5.41) is 0.836. The molecule has 0 spiro atoms. The molecule has 35 heavy (non-hydrogen) atoms. The second-order valence-corrected chi connectivity index (χ2v) is 9.77. The molecule has 1 aromatic heterocycles. The third kappa shape index (κ3) is 5.36. The summed E-state index contributed by atoms with van der Waals surface area (Å²) in [5.41, 5.74) is 6.51. The summed E-state index contributed by atoms with van der Waals surface area (Å²) in [6, 6.07) is 14.2. The van der Waals surface area contributed by atoms with Crippen LogP contribution >= 0.6 is 23.4 Å². The van der Waals surface area contributed by atoms with E-state index in [1.165, 1.54) is 45.4 Å². The lowest BCUT2D eigenvalue weighted by atomic mass is 10.0. The van der Waals surface area contributed by atoms with Crippen LogP contribution in [0.4, 0.5) is 13.2 Å². The Morgan fingerprint density at radius 1 is 1.06 bits per heavy atom. The molecule has 10 heteroatoms. The molecule has 3 aromatic rings. The van der Waals surface area contributed by atoms with Crippen molar-refractivity contribution < 1.29 is 18.0 Å². The van der Waals surface area contributed by atoms with Crippen molar-refractivity contribution in [1.82, 2.24) is 9.58 Å². The summed E-state index contributed by atoms with van der Waals surface area (Å²) in [6.45, 7) is 2.05. The summed E-state index contributed by atoms with van der Waals surface area (Å²) < 4.78 is 39.3. The van der Waals surface area contributed by atoms with Crippen LogP contribution in [0, 0.1) is 6.92 Å². The molecule has 1 amide bonds. The van der Waals surface area contributed by atoms with Crippen LogP contribution in [0.5, 0.6) is 0 Å². The predicted molar refractivity (Wildman–Crippen MR) is 132 cm³/mol. The topological polar surface area (TPSA) is 54.3 Å². The number of hydrogen-bond acceptors (Lipinski definition) is 4. The van der Waals surface area contributed by atoms with E-state index < -0.39 is 18.1 Å². The third-order valence-electron chi connectivity index (χ3n) is 6.06. The van der Waals surface area contributed by atoms with Crippen LogP contribution < -0.4 is 10.9 Å². The smallest absolute Gasteiger partial charge is 0.307 e. The van der Waals surface area contributed by atoms with Crippen LogP contribution in [-0.4, -0.2) is 34.4 Å². The number of hydrogen-bond donors (Lipinski definition) is 1. The minimum Gasteiger partial charge on any atom is -0.307 e. The molecule has 5 nitrogen and oxygen atoms in total. The van der Waals surface area contributed by atoms with Gasteiger partial charge in [-0.05, 0) is 55.2 Å². The minimum absolute atomic E-state index is 0.0603. The van der Waals surface area contributed by atoms with Gasteiger partial charge in [0.25, 0.3) is 5.91 Å². The van der Waals surface area contributed by atoms with Crippen LogP contribution in [0.1, 0.15) is 39.7 Å². The fourth-order valence-electron chi connectivity index (χ4n) is 3.94. The predicted octanol–water partition coefficient (Wildman–Crippen LogP) is 5.60. The van der Waals surface area contributed by atoms with Crippen molar-refractivity contribution >= 4 is 29.3 Å². The highest BCUT2D eigenvalue weighted by Gasteiger charge is 2.44. The van der Waals surface area contributed by atoms with Crippen molar-refractivity contribution in [2.24, 2.45) is 0 Å². The zero-order valence-corrected chi connectivity index (χ0v) is 20.6. The van der Waals surface area contributed by atoms with Gasteiger partial charge in [-0.2, -0.15) is 13.2 Å². The van der Waals surface area contributed by atoms with Crippen LogP contribution in [-0.2, 0) is 12.2 Å². The Labute approximate surface area is 209 Å². The molecule has 0 radical (unpaired) electrons. The average molecular weight is 522 g/mol. The Kier molecular flexibility index (Phi) is 7.19. The van der Waals surface area contributed by atoms with Gasteiger partial charge in [0, 0.05) is 33.5 Å². The first-order chi connectivity index (χ1) is 16.6. The van der Waals surface area contributed by atoms with Gasteiger partial charge in [0.2, 0.25) is 0 Å². The summed E-state index contributed by atoms with van der Waals surface area (Å²) in [5.74, 6) is 0.238. The second kappa shape index (κ2) is 9.99. The van der Waals surface area contributed by atoms with Gasteiger partial charge in [-0.1, -0.05) is 35.9 Å². The van der Waals surface area contributed by atoms with Crippen LogP contribution in [0.2, 0.25) is 5.02 Å². The van der Waals surface area contributed by atoms with E-state index in [9.17, 15) is 22.8 Å². The van der Waals surface area contributed by atoms with E-state index in [1.807, 2.05) is 17.8 Å². The highest BCUT2D eigenvalue weighted by atomic mass is 35.5. The Morgan fingerprint density at radius 2 is 1.80 bits per heavy atom. The number of halogens is 4. The Bertz CT molecular complexity index is 1330. The van der Waals surface area contributed by atoms with E-state index >= 15 is 0 Å². The van der Waals surface area contributed by atoms with Crippen molar-refractivity contribution in [1.29, 1.82) is 0 Å². The number of benzene rings is 2. The van der Waals surface area contributed by atoms with Crippen molar-refractivity contribution in [3.8, 4) is 0 Å². The highest BCUT2D eigenvalue weighted by molar-refractivity contribution is 7.98. The zero-order chi connectivity index (χ0) is 25.3. The van der Waals surface area contributed by atoms with E-state index in [0.717, 1.165) is 24.1 Å². The molecular weight excluding hydrogens is 499 g/mol. The number of nitrogens with one attached hydrogen (secondary N) is 1. The lowest BCUT2D eigenvalue weighted by molar-refractivity contribution is -0.172. The lowest BCUT2D eigenvalue weighted by Crippen LogP contribution is -2.54. The van der Waals surface area contributed by atoms with E-state index in [0.29, 0.717) is 4.90 Å². The van der Waals surface area contributed by atoms with Crippen molar-refractivity contribution in [3.63, 3.8) is 0 Å². The summed E-state index contributed by atoms with van der Waals surface area (Å²) in [6.07, 6.45) is -2.18. The number of pyridine rings is 1. The number of amides is 1. The Hall–Kier alpha value is -2.91. The second-order valence-electron chi connectivity index (χ2n) is 8.32. The molecule has 0 saturated carbocycles. The van der Waals surface area contributed by atoms with E-state index in [-0.39, 0.29) is 23.4 Å². The molecule has 0 unspecified atom stereocenters. The third-order valence-corrected chi connectivity index (χ3v) is 7.46. The molecule has 2 aromatic carbocycles. The molecule has 2 aliphatic rings. The van der Waals surface area contributed by atoms with Crippen LogP contribution in [0.25, 0.3) is 0 Å². The number of nitrogens with zero attached hydrogens (tertiary/aromatic N) is 2. The number of carbonyl (C=O) groups excluding carboxylic acids is 1. The minimum atomic E-state index is -4.51. The van der Waals surface area contributed by atoms with E-state index in [2.05, 4.69) is 41.8 Å². The van der Waals surface area contributed by atoms with Crippen LogP contribution in [0.15, 0.2) is 64.4 Å². The number of aromatic nitrogens is 1. The SMILES string of the molecule is Cc1c2n(ccc1=O)NCN([C@H](C)C(F)(F)F)C2=O.Clc1ccc2c(c1)Cc1ccccc1SC2. The molecule has 3 heterocycles. The van der Waals surface area contributed by atoms with Gasteiger partial charge < -0.3 is 10.3 Å². The van der Waals surface area contributed by atoms with Gasteiger partial charge in [-0.3, -0.25) is 14.3 Å². The first kappa shape index (κ1) is 25.2. The van der Waals surface area contributed by atoms with Gasteiger partial charge in [0.05, 0.1) is 0 Å². The van der Waals surface area contributed by atoms with Gasteiger partial charge >= 0.3 is 6.18 Å². The lowest BCUT2D eigenvalue weighted by Gasteiger charge is -2.36. The number of thioether (sulfide) groups is 1.